The highest BCUT2D eigenvalue weighted by molar-refractivity contribution is 9.10. The van der Waals surface area contributed by atoms with Crippen LogP contribution >= 0.6 is 15.9 Å². The highest BCUT2D eigenvalue weighted by atomic mass is 79.9. The van der Waals surface area contributed by atoms with Gasteiger partial charge < -0.3 is 0 Å². The number of halogens is 1. The standard InChI is InChI=1S/C14H20BrNO2S/c1-10-7-11(2)12(3)16(9-10)19(17,18)14-6-4-5-13(15)8-14/h4-6,8,10-12H,7,9H2,1-3H3. The van der Waals surface area contributed by atoms with Gasteiger partial charge in [0.25, 0.3) is 0 Å². The first-order chi connectivity index (χ1) is 8.82. The van der Waals surface area contributed by atoms with Crippen molar-refractivity contribution in [2.45, 2.75) is 38.1 Å². The maximum atomic E-state index is 12.7. The van der Waals surface area contributed by atoms with Crippen molar-refractivity contribution < 1.29 is 8.42 Å². The fraction of sp³-hybridized carbons (Fsp3) is 0.571. The summed E-state index contributed by atoms with van der Waals surface area (Å²) in [7, 11) is -3.40. The molecule has 1 aromatic carbocycles. The van der Waals surface area contributed by atoms with Crippen molar-refractivity contribution in [1.29, 1.82) is 0 Å². The van der Waals surface area contributed by atoms with Gasteiger partial charge in [-0.25, -0.2) is 8.42 Å². The Bertz CT molecular complexity index is 558. The molecule has 0 aliphatic carbocycles. The zero-order valence-corrected chi connectivity index (χ0v) is 13.9. The van der Waals surface area contributed by atoms with Crippen LogP contribution in [0, 0.1) is 11.8 Å². The van der Waals surface area contributed by atoms with Crippen LogP contribution in [0.3, 0.4) is 0 Å². The van der Waals surface area contributed by atoms with E-state index < -0.39 is 10.0 Å². The molecule has 0 amide bonds. The molecule has 1 aliphatic heterocycles. The fourth-order valence-corrected chi connectivity index (χ4v) is 5.19. The second-order valence-electron chi connectivity index (χ2n) is 5.59. The molecule has 5 heteroatoms. The van der Waals surface area contributed by atoms with Gasteiger partial charge in [-0.15, -0.1) is 0 Å². The second-order valence-corrected chi connectivity index (χ2v) is 8.40. The van der Waals surface area contributed by atoms with Crippen molar-refractivity contribution in [1.82, 2.24) is 4.31 Å². The lowest BCUT2D eigenvalue weighted by Crippen LogP contribution is -2.48. The number of sulfonamides is 1. The van der Waals surface area contributed by atoms with E-state index in [1.807, 2.05) is 13.0 Å². The lowest BCUT2D eigenvalue weighted by molar-refractivity contribution is 0.157. The van der Waals surface area contributed by atoms with E-state index in [2.05, 4.69) is 29.8 Å². The van der Waals surface area contributed by atoms with Crippen molar-refractivity contribution in [3.05, 3.63) is 28.7 Å². The molecule has 1 saturated heterocycles. The van der Waals surface area contributed by atoms with Crippen LogP contribution in [-0.2, 0) is 10.0 Å². The Morgan fingerprint density at radius 2 is 1.95 bits per heavy atom. The minimum absolute atomic E-state index is 0.0557. The van der Waals surface area contributed by atoms with Crippen LogP contribution in [0.4, 0.5) is 0 Å². The summed E-state index contributed by atoms with van der Waals surface area (Å²) in [4.78, 5) is 0.370. The summed E-state index contributed by atoms with van der Waals surface area (Å²) < 4.78 is 27.9. The molecule has 1 fully saturated rings. The van der Waals surface area contributed by atoms with Gasteiger partial charge in [0.2, 0.25) is 10.0 Å². The average Bonchev–Trinajstić information content (AvgIpc) is 2.33. The van der Waals surface area contributed by atoms with Gasteiger partial charge in [0.15, 0.2) is 0 Å². The molecule has 0 radical (unpaired) electrons. The van der Waals surface area contributed by atoms with Gasteiger partial charge in [-0.05, 0) is 43.4 Å². The number of rotatable bonds is 2. The number of hydrogen-bond donors (Lipinski definition) is 0. The Kier molecular flexibility index (Phi) is 4.38. The molecular weight excluding hydrogens is 326 g/mol. The molecular formula is C14H20BrNO2S. The van der Waals surface area contributed by atoms with E-state index in [1.54, 1.807) is 22.5 Å². The third kappa shape index (κ3) is 3.03. The van der Waals surface area contributed by atoms with Crippen molar-refractivity contribution >= 4 is 26.0 Å². The summed E-state index contributed by atoms with van der Waals surface area (Å²) in [5.74, 6) is 0.804. The first-order valence-corrected chi connectivity index (χ1v) is 8.83. The first kappa shape index (κ1) is 15.0. The molecule has 0 aromatic heterocycles. The van der Waals surface area contributed by atoms with Crippen molar-refractivity contribution in [3.8, 4) is 0 Å². The number of benzene rings is 1. The summed E-state index contributed by atoms with van der Waals surface area (Å²) in [6, 6.07) is 6.99. The molecule has 2 rings (SSSR count). The van der Waals surface area contributed by atoms with E-state index in [9.17, 15) is 8.42 Å². The lowest BCUT2D eigenvalue weighted by Gasteiger charge is -2.40. The molecule has 0 bridgehead atoms. The summed E-state index contributed by atoms with van der Waals surface area (Å²) in [5.41, 5.74) is 0. The van der Waals surface area contributed by atoms with Crippen LogP contribution < -0.4 is 0 Å². The predicted octanol–water partition coefficient (Wildman–Crippen LogP) is 3.50. The summed E-state index contributed by atoms with van der Waals surface area (Å²) in [6.07, 6.45) is 1.09. The summed E-state index contributed by atoms with van der Waals surface area (Å²) in [6.45, 7) is 6.86. The fourth-order valence-electron chi connectivity index (χ4n) is 2.74. The minimum atomic E-state index is -3.40. The van der Waals surface area contributed by atoms with E-state index in [4.69, 9.17) is 0 Å². The zero-order chi connectivity index (χ0) is 14.2. The molecule has 3 nitrogen and oxygen atoms in total. The van der Waals surface area contributed by atoms with Gasteiger partial charge in [-0.1, -0.05) is 35.8 Å². The molecule has 3 atom stereocenters. The molecule has 0 N–H and O–H groups in total. The summed E-state index contributed by atoms with van der Waals surface area (Å²) in [5, 5.41) is 0. The van der Waals surface area contributed by atoms with E-state index >= 15 is 0 Å². The average molecular weight is 346 g/mol. The molecule has 1 aliphatic rings. The normalized spacial score (nSPS) is 29.4. The van der Waals surface area contributed by atoms with Crippen LogP contribution in [0.25, 0.3) is 0 Å². The number of piperidine rings is 1. The van der Waals surface area contributed by atoms with Crippen LogP contribution in [0.2, 0.25) is 0 Å². The largest absolute Gasteiger partial charge is 0.243 e. The predicted molar refractivity (Wildman–Crippen MR) is 80.4 cm³/mol. The van der Waals surface area contributed by atoms with Gasteiger partial charge in [0, 0.05) is 17.1 Å². The monoisotopic (exact) mass is 345 g/mol. The lowest BCUT2D eigenvalue weighted by atomic mass is 9.88. The molecule has 1 heterocycles. The molecule has 3 unspecified atom stereocenters. The highest BCUT2D eigenvalue weighted by Gasteiger charge is 2.37. The molecule has 0 spiro atoms. The van der Waals surface area contributed by atoms with Crippen molar-refractivity contribution in [2.24, 2.45) is 11.8 Å². The van der Waals surface area contributed by atoms with Crippen molar-refractivity contribution in [3.63, 3.8) is 0 Å². The summed E-state index contributed by atoms with van der Waals surface area (Å²) >= 11 is 3.33. The van der Waals surface area contributed by atoms with E-state index in [-0.39, 0.29) is 6.04 Å². The Morgan fingerprint density at radius 3 is 2.58 bits per heavy atom. The quantitative estimate of drug-likeness (QED) is 0.822. The Morgan fingerprint density at radius 1 is 1.26 bits per heavy atom. The molecule has 19 heavy (non-hydrogen) atoms. The third-order valence-electron chi connectivity index (χ3n) is 3.95. The van der Waals surface area contributed by atoms with Gasteiger partial charge in [-0.2, -0.15) is 4.31 Å². The molecule has 1 aromatic rings. The Hall–Kier alpha value is -0.390. The van der Waals surface area contributed by atoms with Crippen LogP contribution in [-0.4, -0.2) is 25.3 Å². The zero-order valence-electron chi connectivity index (χ0n) is 11.5. The maximum absolute atomic E-state index is 12.7. The Labute approximate surface area is 124 Å². The van der Waals surface area contributed by atoms with Crippen LogP contribution in [0.15, 0.2) is 33.6 Å². The molecule has 0 saturated carbocycles. The Balaban J connectivity index is 2.38. The van der Waals surface area contributed by atoms with Crippen LogP contribution in [0.5, 0.6) is 0 Å². The highest BCUT2D eigenvalue weighted by Crippen LogP contribution is 2.32. The smallest absolute Gasteiger partial charge is 0.207 e. The van der Waals surface area contributed by atoms with E-state index in [1.165, 1.54) is 0 Å². The second kappa shape index (κ2) is 5.54. The first-order valence-electron chi connectivity index (χ1n) is 6.59. The minimum Gasteiger partial charge on any atom is -0.207 e. The van der Waals surface area contributed by atoms with Crippen LogP contribution in [0.1, 0.15) is 27.2 Å². The number of nitrogens with zero attached hydrogens (tertiary/aromatic N) is 1. The third-order valence-corrected chi connectivity index (χ3v) is 6.39. The maximum Gasteiger partial charge on any atom is 0.243 e. The van der Waals surface area contributed by atoms with Crippen molar-refractivity contribution in [2.75, 3.05) is 6.54 Å². The van der Waals surface area contributed by atoms with E-state index in [0.717, 1.165) is 10.9 Å². The molecule has 106 valence electrons. The topological polar surface area (TPSA) is 37.4 Å². The van der Waals surface area contributed by atoms with E-state index in [0.29, 0.717) is 23.3 Å². The van der Waals surface area contributed by atoms with Gasteiger partial charge in [0.05, 0.1) is 4.90 Å². The van der Waals surface area contributed by atoms with Gasteiger partial charge in [0.1, 0.15) is 0 Å². The van der Waals surface area contributed by atoms with Gasteiger partial charge in [-0.3, -0.25) is 0 Å². The SMILES string of the molecule is CC1CC(C)C(C)N(S(=O)(=O)c2cccc(Br)c2)C1. The van der Waals surface area contributed by atoms with Gasteiger partial charge >= 0.3 is 0 Å². The number of hydrogen-bond acceptors (Lipinski definition) is 2.